The van der Waals surface area contributed by atoms with Crippen LogP contribution < -0.4 is 15.4 Å². The van der Waals surface area contributed by atoms with Gasteiger partial charge in [0, 0.05) is 6.20 Å². The smallest absolute Gasteiger partial charge is 0.307 e. The molecule has 1 saturated heterocycles. The Morgan fingerprint density at radius 2 is 2.00 bits per heavy atom. The largest absolute Gasteiger partial charge is 0.489 e. The normalized spacial score (nSPS) is 18.9. The molecule has 174 valence electrons. The van der Waals surface area contributed by atoms with Crippen molar-refractivity contribution < 1.29 is 19.1 Å². The Labute approximate surface area is 189 Å². The van der Waals surface area contributed by atoms with E-state index >= 15 is 0 Å². The van der Waals surface area contributed by atoms with E-state index in [1.54, 1.807) is 4.40 Å². The summed E-state index contributed by atoms with van der Waals surface area (Å²) in [7, 11) is 1.38. The van der Waals surface area contributed by atoms with E-state index in [0.29, 0.717) is 48.2 Å². The van der Waals surface area contributed by atoms with Crippen molar-refractivity contribution in [3.8, 4) is 5.75 Å². The number of aryl methyl sites for hydroxylation is 1. The number of imidazole rings is 1. The molecule has 2 aromatic rings. The lowest BCUT2D eigenvalue weighted by Gasteiger charge is -2.37. The molecule has 0 radical (unpaired) electrons. The molecule has 2 N–H and O–H groups in total. The second-order valence-electron chi connectivity index (χ2n) is 9.16. The van der Waals surface area contributed by atoms with E-state index in [9.17, 15) is 9.59 Å². The highest BCUT2D eigenvalue weighted by atomic mass is 16.5. The maximum atomic E-state index is 13.4. The van der Waals surface area contributed by atoms with Gasteiger partial charge in [0.1, 0.15) is 5.69 Å². The molecule has 0 unspecified atom stereocenters. The molecule has 2 aromatic heterocycles. The summed E-state index contributed by atoms with van der Waals surface area (Å²) in [6.45, 7) is 4.00. The van der Waals surface area contributed by atoms with Crippen LogP contribution in [0.4, 0.5) is 0 Å². The summed E-state index contributed by atoms with van der Waals surface area (Å²) < 4.78 is 12.9. The maximum Gasteiger partial charge on any atom is 0.307 e. The third kappa shape index (κ3) is 4.90. The number of nitrogens with zero attached hydrogens (tertiary/aromatic N) is 2. The number of piperidine rings is 1. The lowest BCUT2D eigenvalue weighted by atomic mass is 9.85. The van der Waals surface area contributed by atoms with Crippen molar-refractivity contribution in [1.29, 1.82) is 0 Å². The van der Waals surface area contributed by atoms with Crippen molar-refractivity contribution in [1.82, 2.24) is 20.0 Å². The minimum atomic E-state index is -0.624. The van der Waals surface area contributed by atoms with Gasteiger partial charge in [-0.3, -0.25) is 14.0 Å². The Morgan fingerprint density at radius 1 is 1.25 bits per heavy atom. The fourth-order valence-corrected chi connectivity index (χ4v) is 5.00. The van der Waals surface area contributed by atoms with Crippen LogP contribution in [-0.2, 0) is 9.53 Å². The average Bonchev–Trinajstić information content (AvgIpc) is 3.15. The Hall–Kier alpha value is -2.61. The maximum absolute atomic E-state index is 13.4. The van der Waals surface area contributed by atoms with E-state index in [-0.39, 0.29) is 18.3 Å². The van der Waals surface area contributed by atoms with Gasteiger partial charge in [-0.1, -0.05) is 19.3 Å². The van der Waals surface area contributed by atoms with Crippen molar-refractivity contribution >= 4 is 17.5 Å². The minimum Gasteiger partial charge on any atom is -0.489 e. The molecule has 1 amide bonds. The van der Waals surface area contributed by atoms with Crippen LogP contribution in [0.25, 0.3) is 5.65 Å². The Bertz CT molecular complexity index is 958. The van der Waals surface area contributed by atoms with E-state index in [4.69, 9.17) is 9.47 Å². The molecular weight excluding hydrogens is 408 g/mol. The molecule has 8 heteroatoms. The number of fused-ring (bicyclic) bond motifs is 1. The zero-order valence-corrected chi connectivity index (χ0v) is 19.1. The van der Waals surface area contributed by atoms with Gasteiger partial charge in [-0.25, -0.2) is 4.98 Å². The summed E-state index contributed by atoms with van der Waals surface area (Å²) in [5, 5.41) is 6.45. The standard InChI is InChI=1S/C24H34N4O4/c1-17-21(23(30)27-24(15-20(29)31-2)10-12-25-13-11-24)28-14-6-9-19(22(28)26-17)32-16-18-7-4-3-5-8-18/h6,9,14,18,25H,3-5,7-8,10-13,15-16H2,1-2H3,(H,27,30). The molecule has 1 aliphatic carbocycles. The van der Waals surface area contributed by atoms with E-state index < -0.39 is 5.54 Å². The third-order valence-electron chi connectivity index (χ3n) is 6.85. The fraction of sp³-hybridized carbons (Fsp3) is 0.625. The van der Waals surface area contributed by atoms with Crippen LogP contribution in [0.2, 0.25) is 0 Å². The molecule has 4 rings (SSSR count). The lowest BCUT2D eigenvalue weighted by molar-refractivity contribution is -0.142. The van der Waals surface area contributed by atoms with Gasteiger partial charge in [-0.15, -0.1) is 0 Å². The molecule has 0 spiro atoms. The molecule has 0 aromatic carbocycles. The quantitative estimate of drug-likeness (QED) is 0.640. The van der Waals surface area contributed by atoms with Crippen molar-refractivity contribution in [2.24, 2.45) is 5.92 Å². The number of aromatic nitrogens is 2. The van der Waals surface area contributed by atoms with Crippen LogP contribution >= 0.6 is 0 Å². The zero-order valence-electron chi connectivity index (χ0n) is 19.1. The molecule has 2 fully saturated rings. The van der Waals surface area contributed by atoms with Gasteiger partial charge in [0.25, 0.3) is 5.91 Å². The molecule has 32 heavy (non-hydrogen) atoms. The number of nitrogens with one attached hydrogen (secondary N) is 2. The van der Waals surface area contributed by atoms with E-state index in [1.165, 1.54) is 39.2 Å². The summed E-state index contributed by atoms with van der Waals surface area (Å²) in [5.41, 5.74) is 1.14. The Morgan fingerprint density at radius 3 is 2.72 bits per heavy atom. The molecule has 0 atom stereocenters. The Kier molecular flexibility index (Phi) is 6.98. The SMILES string of the molecule is COC(=O)CC1(NC(=O)c2c(C)nc3c(OCC4CCCCC4)cccn23)CCNCC1. The van der Waals surface area contributed by atoms with E-state index in [0.717, 1.165) is 13.1 Å². The van der Waals surface area contributed by atoms with Gasteiger partial charge < -0.3 is 20.1 Å². The minimum absolute atomic E-state index is 0.155. The fourth-order valence-electron chi connectivity index (χ4n) is 5.00. The van der Waals surface area contributed by atoms with Crippen LogP contribution in [0.3, 0.4) is 0 Å². The second-order valence-corrected chi connectivity index (χ2v) is 9.16. The van der Waals surface area contributed by atoms with Crippen LogP contribution in [0.1, 0.15) is 67.5 Å². The van der Waals surface area contributed by atoms with Gasteiger partial charge in [0.2, 0.25) is 0 Å². The predicted molar refractivity (Wildman–Crippen MR) is 121 cm³/mol. The number of rotatable bonds is 7. The summed E-state index contributed by atoms with van der Waals surface area (Å²) in [4.78, 5) is 30.1. The first-order valence-corrected chi connectivity index (χ1v) is 11.7. The monoisotopic (exact) mass is 442 g/mol. The molecule has 1 aliphatic heterocycles. The second kappa shape index (κ2) is 9.90. The van der Waals surface area contributed by atoms with Crippen molar-refractivity contribution in [2.45, 2.75) is 63.8 Å². The molecule has 2 aliphatic rings. The highest BCUT2D eigenvalue weighted by molar-refractivity contribution is 5.95. The van der Waals surface area contributed by atoms with Crippen molar-refractivity contribution in [3.63, 3.8) is 0 Å². The van der Waals surface area contributed by atoms with Crippen LogP contribution in [-0.4, -0.2) is 53.6 Å². The number of carbonyl (C=O) groups is 2. The number of hydrogen-bond donors (Lipinski definition) is 2. The van der Waals surface area contributed by atoms with Gasteiger partial charge in [-0.2, -0.15) is 0 Å². The molecule has 1 saturated carbocycles. The first-order valence-electron chi connectivity index (χ1n) is 11.7. The van der Waals surface area contributed by atoms with E-state index in [1.807, 2.05) is 25.3 Å². The van der Waals surface area contributed by atoms with Crippen LogP contribution in [0.5, 0.6) is 5.75 Å². The van der Waals surface area contributed by atoms with Crippen molar-refractivity contribution in [3.05, 3.63) is 29.7 Å². The molecule has 3 heterocycles. The topological polar surface area (TPSA) is 94.0 Å². The summed E-state index contributed by atoms with van der Waals surface area (Å²) in [6.07, 6.45) is 9.61. The summed E-state index contributed by atoms with van der Waals surface area (Å²) >= 11 is 0. The average molecular weight is 443 g/mol. The number of carbonyl (C=O) groups excluding carboxylic acids is 2. The number of hydrogen-bond acceptors (Lipinski definition) is 6. The molecule has 8 nitrogen and oxygen atoms in total. The van der Waals surface area contributed by atoms with Crippen molar-refractivity contribution in [2.75, 3.05) is 26.8 Å². The first kappa shape index (κ1) is 22.6. The highest BCUT2D eigenvalue weighted by Crippen LogP contribution is 2.28. The summed E-state index contributed by atoms with van der Waals surface area (Å²) in [5.74, 6) is 0.734. The van der Waals surface area contributed by atoms with Gasteiger partial charge in [0.05, 0.1) is 31.4 Å². The zero-order chi connectivity index (χ0) is 22.6. The number of amides is 1. The summed E-state index contributed by atoms with van der Waals surface area (Å²) in [6, 6.07) is 3.80. The molecule has 0 bridgehead atoms. The van der Waals surface area contributed by atoms with Gasteiger partial charge in [0.15, 0.2) is 11.4 Å². The number of pyridine rings is 1. The number of methoxy groups -OCH3 is 1. The lowest BCUT2D eigenvalue weighted by Crippen LogP contribution is -2.55. The number of ether oxygens (including phenoxy) is 2. The highest BCUT2D eigenvalue weighted by Gasteiger charge is 2.37. The third-order valence-corrected chi connectivity index (χ3v) is 6.85. The van der Waals surface area contributed by atoms with E-state index in [2.05, 4.69) is 15.6 Å². The Balaban J connectivity index is 1.55. The van der Waals surface area contributed by atoms with Crippen LogP contribution in [0, 0.1) is 12.8 Å². The van der Waals surface area contributed by atoms with Gasteiger partial charge in [-0.05, 0) is 63.7 Å². The number of esters is 1. The molecular formula is C24H34N4O4. The first-order chi connectivity index (χ1) is 15.5. The van der Waals surface area contributed by atoms with Crippen LogP contribution in [0.15, 0.2) is 18.3 Å². The van der Waals surface area contributed by atoms with Gasteiger partial charge >= 0.3 is 5.97 Å². The predicted octanol–water partition coefficient (Wildman–Crippen LogP) is 3.02.